The first-order valence-corrected chi connectivity index (χ1v) is 15.2. The Morgan fingerprint density at radius 3 is 2.40 bits per heavy atom. The molecule has 2 N–H and O–H groups in total. The van der Waals surface area contributed by atoms with Crippen LogP contribution in [0.15, 0.2) is 54.7 Å². The zero-order chi connectivity index (χ0) is 29.1. The van der Waals surface area contributed by atoms with Crippen LogP contribution in [0.25, 0.3) is 0 Å². The molecule has 1 saturated carbocycles. The van der Waals surface area contributed by atoms with E-state index in [-0.39, 0.29) is 18.0 Å². The van der Waals surface area contributed by atoms with E-state index in [1.807, 2.05) is 37.3 Å². The molecular formula is C32H40N8O2. The summed E-state index contributed by atoms with van der Waals surface area (Å²) in [5.74, 6) is 1.08. The van der Waals surface area contributed by atoms with Gasteiger partial charge in [0.25, 0.3) is 5.91 Å². The number of amides is 3. The van der Waals surface area contributed by atoms with Gasteiger partial charge in [0.15, 0.2) is 5.82 Å². The summed E-state index contributed by atoms with van der Waals surface area (Å²) < 4.78 is 0. The summed E-state index contributed by atoms with van der Waals surface area (Å²) in [4.78, 5) is 39.5. The molecular weight excluding hydrogens is 528 g/mol. The maximum atomic E-state index is 13.1. The summed E-state index contributed by atoms with van der Waals surface area (Å²) in [6.07, 6.45) is 8.61. The number of likely N-dealkylation sites (tertiary alicyclic amines) is 1. The molecule has 6 rings (SSSR count). The zero-order valence-electron chi connectivity index (χ0n) is 24.6. The highest BCUT2D eigenvalue weighted by atomic mass is 16.2. The summed E-state index contributed by atoms with van der Waals surface area (Å²) in [6, 6.07) is 15.9. The molecule has 2 aromatic carbocycles. The van der Waals surface area contributed by atoms with Gasteiger partial charge < -0.3 is 10.6 Å². The Labute approximate surface area is 247 Å². The van der Waals surface area contributed by atoms with Gasteiger partial charge in [0, 0.05) is 37.9 Å². The molecule has 220 valence electrons. The van der Waals surface area contributed by atoms with E-state index in [4.69, 9.17) is 4.98 Å². The molecule has 1 aliphatic carbocycles. The topological polar surface area (TPSA) is 96.9 Å². The van der Waals surface area contributed by atoms with E-state index in [0.29, 0.717) is 30.3 Å². The molecule has 0 atom stereocenters. The molecule has 0 unspecified atom stereocenters. The third kappa shape index (κ3) is 5.76. The number of hydrazine groups is 1. The fourth-order valence-electron chi connectivity index (χ4n) is 6.30. The maximum absolute atomic E-state index is 13.1. The number of urea groups is 1. The summed E-state index contributed by atoms with van der Waals surface area (Å²) in [6.45, 7) is 6.27. The van der Waals surface area contributed by atoms with E-state index in [9.17, 15) is 9.59 Å². The maximum Gasteiger partial charge on any atom is 0.343 e. The Balaban J connectivity index is 1.12. The number of nitrogens with one attached hydrogen (secondary N) is 2. The number of nitrogens with zero attached hydrogens (tertiary/aromatic N) is 6. The van der Waals surface area contributed by atoms with Gasteiger partial charge in [-0.1, -0.05) is 37.1 Å². The molecule has 42 heavy (non-hydrogen) atoms. The van der Waals surface area contributed by atoms with Crippen LogP contribution in [0.1, 0.15) is 66.9 Å². The highest BCUT2D eigenvalue weighted by molar-refractivity contribution is 5.98. The van der Waals surface area contributed by atoms with Gasteiger partial charge >= 0.3 is 6.03 Å². The van der Waals surface area contributed by atoms with Gasteiger partial charge in [-0.05, 0) is 81.1 Å². The number of carbonyl (C=O) groups is 2. The quantitative estimate of drug-likeness (QED) is 0.362. The normalized spacial score (nSPS) is 17.6. The Kier molecular flexibility index (Phi) is 8.23. The number of fused-ring (bicyclic) bond motifs is 1. The second kappa shape index (κ2) is 12.4. The number of rotatable bonds is 9. The van der Waals surface area contributed by atoms with Crippen LogP contribution in [0.3, 0.4) is 0 Å². The second-order valence-electron chi connectivity index (χ2n) is 11.4. The molecule has 3 aliphatic rings. The molecule has 3 heterocycles. The van der Waals surface area contributed by atoms with E-state index >= 15 is 0 Å². The van der Waals surface area contributed by atoms with Crippen molar-refractivity contribution >= 4 is 35.1 Å². The van der Waals surface area contributed by atoms with Gasteiger partial charge in [0.2, 0.25) is 5.95 Å². The highest BCUT2D eigenvalue weighted by Crippen LogP contribution is 2.38. The van der Waals surface area contributed by atoms with Gasteiger partial charge in [0.05, 0.1) is 12.2 Å². The van der Waals surface area contributed by atoms with Crippen molar-refractivity contribution in [2.24, 2.45) is 0 Å². The molecule has 10 nitrogen and oxygen atoms in total. The fourth-order valence-corrected chi connectivity index (χ4v) is 6.30. The molecule has 3 aromatic rings. The first-order valence-electron chi connectivity index (χ1n) is 15.2. The molecule has 2 fully saturated rings. The Hall–Kier alpha value is -4.18. The minimum absolute atomic E-state index is 0.0647. The molecule has 2 aliphatic heterocycles. The number of hydrogen-bond donors (Lipinski definition) is 2. The average molecular weight is 569 g/mol. The number of hydrogen-bond acceptors (Lipinski definition) is 7. The summed E-state index contributed by atoms with van der Waals surface area (Å²) in [7, 11) is 1.77. The summed E-state index contributed by atoms with van der Waals surface area (Å²) in [5, 5.41) is 10.2. The lowest BCUT2D eigenvalue weighted by molar-refractivity contribution is 0.0950. The van der Waals surface area contributed by atoms with Gasteiger partial charge in [-0.15, -0.1) is 0 Å². The first kappa shape index (κ1) is 28.0. The Morgan fingerprint density at radius 2 is 1.69 bits per heavy atom. The van der Waals surface area contributed by atoms with Gasteiger partial charge in [-0.25, -0.2) is 14.8 Å². The van der Waals surface area contributed by atoms with Crippen molar-refractivity contribution in [3.63, 3.8) is 0 Å². The smallest absolute Gasteiger partial charge is 0.343 e. The first-order chi connectivity index (χ1) is 20.5. The van der Waals surface area contributed by atoms with Crippen LogP contribution in [0.4, 0.5) is 27.9 Å². The number of benzene rings is 2. The van der Waals surface area contributed by atoms with Crippen LogP contribution in [-0.2, 0) is 13.1 Å². The molecule has 0 bridgehead atoms. The van der Waals surface area contributed by atoms with E-state index < -0.39 is 0 Å². The molecule has 1 saturated heterocycles. The minimum Gasteiger partial charge on any atom is -0.348 e. The van der Waals surface area contributed by atoms with Crippen molar-refractivity contribution in [2.45, 2.75) is 64.6 Å². The second-order valence-corrected chi connectivity index (χ2v) is 11.4. The molecule has 0 radical (unpaired) electrons. The lowest BCUT2D eigenvalue weighted by Gasteiger charge is -2.45. The third-order valence-electron chi connectivity index (χ3n) is 8.62. The van der Waals surface area contributed by atoms with Gasteiger partial charge in [-0.3, -0.25) is 19.6 Å². The van der Waals surface area contributed by atoms with Crippen molar-refractivity contribution in [2.75, 3.05) is 41.9 Å². The molecule has 3 amide bonds. The molecule has 1 aromatic heterocycles. The van der Waals surface area contributed by atoms with Gasteiger partial charge in [-0.2, -0.15) is 4.98 Å². The van der Waals surface area contributed by atoms with Crippen LogP contribution in [-0.4, -0.2) is 64.5 Å². The monoisotopic (exact) mass is 568 g/mol. The van der Waals surface area contributed by atoms with Crippen LogP contribution in [0.2, 0.25) is 0 Å². The minimum atomic E-state index is -0.109. The third-order valence-corrected chi connectivity index (χ3v) is 8.62. The van der Waals surface area contributed by atoms with Crippen LogP contribution >= 0.6 is 0 Å². The lowest BCUT2D eigenvalue weighted by atomic mass is 10.1. The summed E-state index contributed by atoms with van der Waals surface area (Å²) >= 11 is 0. The predicted molar refractivity (Wildman–Crippen MR) is 165 cm³/mol. The largest absolute Gasteiger partial charge is 0.348 e. The molecule has 0 spiro atoms. The van der Waals surface area contributed by atoms with E-state index in [1.165, 1.54) is 18.4 Å². The van der Waals surface area contributed by atoms with Crippen molar-refractivity contribution in [3.8, 4) is 0 Å². The Bertz CT molecular complexity index is 1420. The SMILES string of the molecule is CCN1C(=O)N(C)c2cnc(Nc3ccc(C(=O)NCc4ccccc4CN4CCCC4)cc3)nc2N1C1CCCC1. The highest BCUT2D eigenvalue weighted by Gasteiger charge is 2.39. The number of anilines is 4. The fraction of sp³-hybridized carbons (Fsp3) is 0.438. The molecule has 10 heteroatoms. The number of carbonyl (C=O) groups excluding carboxylic acids is 2. The summed E-state index contributed by atoms with van der Waals surface area (Å²) in [5.41, 5.74) is 4.50. The van der Waals surface area contributed by atoms with Crippen LogP contribution < -0.4 is 20.5 Å². The van der Waals surface area contributed by atoms with Crippen molar-refractivity contribution in [3.05, 3.63) is 71.4 Å². The lowest BCUT2D eigenvalue weighted by Crippen LogP contribution is -2.59. The Morgan fingerprint density at radius 1 is 0.976 bits per heavy atom. The number of aromatic nitrogens is 2. The van der Waals surface area contributed by atoms with Crippen LogP contribution in [0.5, 0.6) is 0 Å². The van der Waals surface area contributed by atoms with E-state index in [2.05, 4.69) is 43.7 Å². The van der Waals surface area contributed by atoms with Crippen molar-refractivity contribution in [1.29, 1.82) is 0 Å². The standard InChI is InChI=1S/C32H40N8O2/c1-3-39-32(42)37(2)28-21-34-31(36-29(28)40(39)27-12-6-7-13-27)35-26-16-14-23(15-17-26)30(41)33-20-24-10-4-5-11-25(24)22-38-18-8-9-19-38/h4-5,10-11,14-17,21,27H,3,6-9,12-13,18-20,22H2,1-2H3,(H,33,41)(H,34,35,36). The van der Waals surface area contributed by atoms with E-state index in [1.54, 1.807) is 23.2 Å². The van der Waals surface area contributed by atoms with Crippen LogP contribution in [0, 0.1) is 0 Å². The van der Waals surface area contributed by atoms with E-state index in [0.717, 1.165) is 62.4 Å². The predicted octanol–water partition coefficient (Wildman–Crippen LogP) is 5.30. The average Bonchev–Trinajstić information content (AvgIpc) is 3.74. The zero-order valence-corrected chi connectivity index (χ0v) is 24.6. The van der Waals surface area contributed by atoms with Crippen molar-refractivity contribution < 1.29 is 9.59 Å². The van der Waals surface area contributed by atoms with Gasteiger partial charge in [0.1, 0.15) is 5.69 Å². The van der Waals surface area contributed by atoms with Crippen molar-refractivity contribution in [1.82, 2.24) is 25.2 Å².